The molecule has 0 saturated carbocycles. The van der Waals surface area contributed by atoms with Crippen LogP contribution in [0.5, 0.6) is 0 Å². The Balaban J connectivity index is 1.26. The number of hydrogen-bond acceptors (Lipinski definition) is 6. The molecule has 3 amide bonds. The summed E-state index contributed by atoms with van der Waals surface area (Å²) >= 11 is 6.05. The molecule has 2 fully saturated rings. The lowest BCUT2D eigenvalue weighted by atomic mass is 10.2. The first kappa shape index (κ1) is 22.6. The van der Waals surface area contributed by atoms with Gasteiger partial charge in [-0.2, -0.15) is 0 Å². The van der Waals surface area contributed by atoms with Crippen LogP contribution in [0.15, 0.2) is 48.5 Å². The van der Waals surface area contributed by atoms with Crippen LogP contribution in [0.4, 0.5) is 11.4 Å². The number of anilines is 2. The summed E-state index contributed by atoms with van der Waals surface area (Å²) in [5.74, 6) is -1.37. The molecular weight excluding hydrogens is 448 g/mol. The maximum Gasteiger partial charge on any atom is 0.338 e. The summed E-state index contributed by atoms with van der Waals surface area (Å²) in [5, 5.41) is 1.83. The molecule has 1 N–H and O–H groups in total. The molecule has 10 heteroatoms. The lowest BCUT2D eigenvalue weighted by molar-refractivity contribution is -0.134. The van der Waals surface area contributed by atoms with Crippen molar-refractivity contribution in [3.05, 3.63) is 59.1 Å². The number of hydrazine groups is 1. The number of ether oxygens (including phenoxy) is 1. The standard InChI is InChI=1S/C23H23ClN4O5/c24-17-2-1-3-19(14-17)26-10-12-27(13-11-26)22(31)15-33-23(32)16-4-6-18(7-5-16)28-21(30)9-8-20(29)25-28/h1-7,14H,8-13,15H2,(H,25,29). The number of nitrogens with zero attached hydrogens (tertiary/aromatic N) is 3. The highest BCUT2D eigenvalue weighted by Gasteiger charge is 2.25. The molecule has 2 aliphatic rings. The van der Waals surface area contributed by atoms with Crippen LogP contribution < -0.4 is 15.3 Å². The topological polar surface area (TPSA) is 99.3 Å². The predicted molar refractivity (Wildman–Crippen MR) is 122 cm³/mol. The first-order valence-electron chi connectivity index (χ1n) is 10.6. The Kier molecular flexibility index (Phi) is 6.79. The molecule has 0 radical (unpaired) electrons. The summed E-state index contributed by atoms with van der Waals surface area (Å²) in [6.45, 7) is 2.01. The Morgan fingerprint density at radius 3 is 2.36 bits per heavy atom. The fourth-order valence-electron chi connectivity index (χ4n) is 3.72. The molecule has 0 bridgehead atoms. The first-order chi connectivity index (χ1) is 15.9. The van der Waals surface area contributed by atoms with Crippen LogP contribution in [0.25, 0.3) is 0 Å². The van der Waals surface area contributed by atoms with E-state index < -0.39 is 5.97 Å². The van der Waals surface area contributed by atoms with Crippen molar-refractivity contribution in [1.29, 1.82) is 0 Å². The number of esters is 1. The first-order valence-corrected chi connectivity index (χ1v) is 11.0. The quantitative estimate of drug-likeness (QED) is 0.671. The van der Waals surface area contributed by atoms with E-state index in [1.165, 1.54) is 24.3 Å². The summed E-state index contributed by atoms with van der Waals surface area (Å²) < 4.78 is 5.18. The van der Waals surface area contributed by atoms with Crippen LogP contribution in [-0.4, -0.2) is 61.4 Å². The van der Waals surface area contributed by atoms with E-state index in [1.807, 2.05) is 24.3 Å². The third kappa shape index (κ3) is 5.43. The van der Waals surface area contributed by atoms with Gasteiger partial charge in [0.2, 0.25) is 11.8 Å². The molecular formula is C23H23ClN4O5. The smallest absolute Gasteiger partial charge is 0.338 e. The summed E-state index contributed by atoms with van der Waals surface area (Å²) in [4.78, 5) is 52.1. The van der Waals surface area contributed by atoms with Crippen molar-refractivity contribution in [3.63, 3.8) is 0 Å². The Morgan fingerprint density at radius 1 is 0.939 bits per heavy atom. The normalized spacial score (nSPS) is 16.5. The number of halogens is 1. The van der Waals surface area contributed by atoms with Gasteiger partial charge in [-0.15, -0.1) is 0 Å². The van der Waals surface area contributed by atoms with Gasteiger partial charge in [0.1, 0.15) is 0 Å². The number of nitrogens with one attached hydrogen (secondary N) is 1. The molecule has 2 aromatic rings. The fourth-order valence-corrected chi connectivity index (χ4v) is 3.90. The zero-order valence-corrected chi connectivity index (χ0v) is 18.6. The van der Waals surface area contributed by atoms with Crippen LogP contribution in [0.2, 0.25) is 5.02 Å². The Labute approximate surface area is 195 Å². The highest BCUT2D eigenvalue weighted by Crippen LogP contribution is 2.21. The van der Waals surface area contributed by atoms with Gasteiger partial charge in [-0.1, -0.05) is 17.7 Å². The van der Waals surface area contributed by atoms with E-state index in [9.17, 15) is 19.2 Å². The van der Waals surface area contributed by atoms with E-state index in [-0.39, 0.29) is 42.7 Å². The Bertz CT molecular complexity index is 1070. The minimum absolute atomic E-state index is 0.130. The molecule has 0 aromatic heterocycles. The van der Waals surface area contributed by atoms with E-state index in [0.29, 0.717) is 36.9 Å². The van der Waals surface area contributed by atoms with Crippen molar-refractivity contribution < 1.29 is 23.9 Å². The second kappa shape index (κ2) is 9.91. The molecule has 172 valence electrons. The van der Waals surface area contributed by atoms with Crippen LogP contribution in [0.1, 0.15) is 23.2 Å². The van der Waals surface area contributed by atoms with Crippen molar-refractivity contribution in [3.8, 4) is 0 Å². The minimum Gasteiger partial charge on any atom is -0.452 e. The van der Waals surface area contributed by atoms with E-state index in [2.05, 4.69) is 10.3 Å². The maximum absolute atomic E-state index is 12.5. The van der Waals surface area contributed by atoms with Gasteiger partial charge in [-0.3, -0.25) is 19.8 Å². The number of carbonyl (C=O) groups is 4. The SMILES string of the molecule is O=C1CCC(=O)N(c2ccc(C(=O)OCC(=O)N3CCN(c4cccc(Cl)c4)CC3)cc2)N1. The molecule has 2 heterocycles. The second-order valence-electron chi connectivity index (χ2n) is 7.73. The van der Waals surface area contributed by atoms with Crippen molar-refractivity contribution >= 4 is 46.7 Å². The average molecular weight is 471 g/mol. The summed E-state index contributed by atoms with van der Waals surface area (Å²) in [6, 6.07) is 13.6. The number of piperazine rings is 1. The van der Waals surface area contributed by atoms with E-state index in [0.717, 1.165) is 10.7 Å². The largest absolute Gasteiger partial charge is 0.452 e. The van der Waals surface area contributed by atoms with Gasteiger partial charge in [0.05, 0.1) is 11.3 Å². The molecule has 9 nitrogen and oxygen atoms in total. The van der Waals surface area contributed by atoms with Crippen LogP contribution in [0, 0.1) is 0 Å². The molecule has 0 atom stereocenters. The fraction of sp³-hybridized carbons (Fsp3) is 0.304. The van der Waals surface area contributed by atoms with Crippen LogP contribution >= 0.6 is 11.6 Å². The number of carbonyl (C=O) groups excluding carboxylic acids is 4. The van der Waals surface area contributed by atoms with Gasteiger partial charge >= 0.3 is 5.97 Å². The Morgan fingerprint density at radius 2 is 1.67 bits per heavy atom. The third-order valence-electron chi connectivity index (χ3n) is 5.55. The summed E-state index contributed by atoms with van der Waals surface area (Å²) in [5.41, 5.74) is 4.19. The minimum atomic E-state index is -0.638. The Hall–Kier alpha value is -3.59. The monoisotopic (exact) mass is 470 g/mol. The lowest BCUT2D eigenvalue weighted by Gasteiger charge is -2.36. The average Bonchev–Trinajstić information content (AvgIpc) is 2.84. The number of hydrogen-bond donors (Lipinski definition) is 1. The molecule has 2 aromatic carbocycles. The zero-order chi connectivity index (χ0) is 23.4. The molecule has 2 saturated heterocycles. The molecule has 0 spiro atoms. The number of amides is 3. The third-order valence-corrected chi connectivity index (χ3v) is 5.78. The molecule has 0 aliphatic carbocycles. The molecule has 0 unspecified atom stereocenters. The van der Waals surface area contributed by atoms with Gasteiger partial charge < -0.3 is 14.5 Å². The van der Waals surface area contributed by atoms with Gasteiger partial charge in [0, 0.05) is 49.7 Å². The highest BCUT2D eigenvalue weighted by molar-refractivity contribution is 6.30. The van der Waals surface area contributed by atoms with Crippen molar-refractivity contribution in [2.24, 2.45) is 0 Å². The maximum atomic E-state index is 12.5. The van der Waals surface area contributed by atoms with Crippen molar-refractivity contribution in [2.45, 2.75) is 12.8 Å². The number of benzene rings is 2. The number of rotatable bonds is 5. The van der Waals surface area contributed by atoms with E-state index >= 15 is 0 Å². The summed E-state index contributed by atoms with van der Waals surface area (Å²) in [6.07, 6.45) is 0.286. The lowest BCUT2D eigenvalue weighted by Crippen LogP contribution is -2.50. The second-order valence-corrected chi connectivity index (χ2v) is 8.17. The van der Waals surface area contributed by atoms with Gasteiger partial charge in [0.25, 0.3) is 5.91 Å². The van der Waals surface area contributed by atoms with Gasteiger partial charge in [0.15, 0.2) is 6.61 Å². The van der Waals surface area contributed by atoms with Gasteiger partial charge in [-0.05, 0) is 42.5 Å². The molecule has 4 rings (SSSR count). The van der Waals surface area contributed by atoms with Gasteiger partial charge in [-0.25, -0.2) is 9.80 Å². The highest BCUT2D eigenvalue weighted by atomic mass is 35.5. The van der Waals surface area contributed by atoms with E-state index in [1.54, 1.807) is 4.90 Å². The molecule has 2 aliphatic heterocycles. The van der Waals surface area contributed by atoms with Crippen molar-refractivity contribution in [1.82, 2.24) is 10.3 Å². The van der Waals surface area contributed by atoms with Crippen LogP contribution in [-0.2, 0) is 19.1 Å². The van der Waals surface area contributed by atoms with Crippen molar-refractivity contribution in [2.75, 3.05) is 42.7 Å². The molecule has 33 heavy (non-hydrogen) atoms. The predicted octanol–water partition coefficient (Wildman–Crippen LogP) is 2.00. The summed E-state index contributed by atoms with van der Waals surface area (Å²) in [7, 11) is 0. The van der Waals surface area contributed by atoms with Crippen LogP contribution in [0.3, 0.4) is 0 Å². The zero-order valence-electron chi connectivity index (χ0n) is 17.8. The van der Waals surface area contributed by atoms with E-state index in [4.69, 9.17) is 16.3 Å².